The second kappa shape index (κ2) is 7.50. The van der Waals surface area contributed by atoms with Crippen LogP contribution in [-0.4, -0.2) is 12.6 Å². The Morgan fingerprint density at radius 3 is 1.90 bits per heavy atom. The molecule has 0 fully saturated rings. The minimum atomic E-state index is 0.318. The summed E-state index contributed by atoms with van der Waals surface area (Å²) in [5, 5.41) is 0. The number of unbranched alkanes of at least 4 members (excludes halogenated alkanes) is 2. The minimum Gasteiger partial charge on any atom is -0.297 e. The van der Waals surface area contributed by atoms with Crippen LogP contribution in [0.1, 0.15) is 67.6 Å². The molecule has 2 heterocycles. The lowest BCUT2D eigenvalue weighted by molar-refractivity contribution is 0.111. The van der Waals surface area contributed by atoms with Crippen LogP contribution in [0.5, 0.6) is 0 Å². The lowest BCUT2D eigenvalue weighted by Gasteiger charge is -2.13. The summed E-state index contributed by atoms with van der Waals surface area (Å²) in [7, 11) is 0. The summed E-state index contributed by atoms with van der Waals surface area (Å²) in [5.41, 5.74) is 0. The summed E-state index contributed by atoms with van der Waals surface area (Å²) in [5.74, 6) is 0.318. The maximum absolute atomic E-state index is 10.9. The quantitative estimate of drug-likeness (QED) is 0.499. The van der Waals surface area contributed by atoms with Crippen LogP contribution in [0, 0.1) is 0 Å². The van der Waals surface area contributed by atoms with Gasteiger partial charge < -0.3 is 0 Å². The molecule has 0 bridgehead atoms. The summed E-state index contributed by atoms with van der Waals surface area (Å²) in [6.07, 6.45) is 6.47. The van der Waals surface area contributed by atoms with Crippen LogP contribution in [0.25, 0.3) is 0 Å². The summed E-state index contributed by atoms with van der Waals surface area (Å²) in [6, 6.07) is 7.86. The van der Waals surface area contributed by atoms with Gasteiger partial charge in [-0.15, -0.1) is 22.7 Å². The molecule has 0 spiro atoms. The summed E-state index contributed by atoms with van der Waals surface area (Å²) in [6.45, 7) is 2.19. The molecule has 20 heavy (non-hydrogen) atoms. The third-order valence-electron chi connectivity index (χ3n) is 3.31. The Morgan fingerprint density at radius 2 is 1.50 bits per heavy atom. The zero-order valence-electron chi connectivity index (χ0n) is 11.5. The first-order chi connectivity index (χ1) is 9.78. The number of carbonyl (C=O) groups is 2. The zero-order valence-corrected chi connectivity index (χ0v) is 13.1. The van der Waals surface area contributed by atoms with Crippen LogP contribution in [-0.2, 0) is 0 Å². The minimum absolute atomic E-state index is 0.318. The van der Waals surface area contributed by atoms with Gasteiger partial charge in [-0.05, 0) is 30.7 Å². The molecule has 0 amide bonds. The second-order valence-corrected chi connectivity index (χ2v) is 7.06. The number of aldehydes is 2. The van der Waals surface area contributed by atoms with E-state index >= 15 is 0 Å². The van der Waals surface area contributed by atoms with Crippen molar-refractivity contribution < 1.29 is 9.59 Å². The van der Waals surface area contributed by atoms with Crippen LogP contribution in [0.15, 0.2) is 24.3 Å². The summed E-state index contributed by atoms with van der Waals surface area (Å²) < 4.78 is 0. The van der Waals surface area contributed by atoms with Crippen molar-refractivity contribution in [3.63, 3.8) is 0 Å². The van der Waals surface area contributed by atoms with Crippen molar-refractivity contribution in [1.82, 2.24) is 0 Å². The van der Waals surface area contributed by atoms with E-state index in [1.807, 2.05) is 24.3 Å². The van der Waals surface area contributed by atoms with Gasteiger partial charge in [0.1, 0.15) is 0 Å². The number of hydrogen-bond acceptors (Lipinski definition) is 4. The van der Waals surface area contributed by atoms with E-state index < -0.39 is 0 Å². The van der Waals surface area contributed by atoms with Crippen LogP contribution >= 0.6 is 22.7 Å². The predicted molar refractivity (Wildman–Crippen MR) is 85.4 cm³/mol. The highest BCUT2D eigenvalue weighted by atomic mass is 32.1. The van der Waals surface area contributed by atoms with Crippen molar-refractivity contribution in [2.75, 3.05) is 0 Å². The third-order valence-corrected chi connectivity index (χ3v) is 5.56. The van der Waals surface area contributed by atoms with Gasteiger partial charge in [0.05, 0.1) is 9.75 Å². The fourth-order valence-corrected chi connectivity index (χ4v) is 4.29. The van der Waals surface area contributed by atoms with Gasteiger partial charge in [-0.3, -0.25) is 9.59 Å². The van der Waals surface area contributed by atoms with Crippen LogP contribution in [0.2, 0.25) is 0 Å². The largest absolute Gasteiger partial charge is 0.297 e. The SMILES string of the molecule is CCCCCC(c1ccc(C=O)s1)c1ccc(C=O)s1. The molecule has 0 aromatic carbocycles. The Hall–Kier alpha value is -1.26. The molecular weight excluding hydrogens is 288 g/mol. The highest BCUT2D eigenvalue weighted by Gasteiger charge is 2.18. The molecule has 2 aromatic rings. The van der Waals surface area contributed by atoms with Crippen molar-refractivity contribution in [3.8, 4) is 0 Å². The Morgan fingerprint density at radius 1 is 0.950 bits per heavy atom. The van der Waals surface area contributed by atoms with Crippen LogP contribution in [0.4, 0.5) is 0 Å². The smallest absolute Gasteiger partial charge is 0.160 e. The van der Waals surface area contributed by atoms with E-state index in [0.29, 0.717) is 5.92 Å². The molecule has 2 rings (SSSR count). The molecule has 0 atom stereocenters. The molecule has 0 radical (unpaired) electrons. The molecule has 2 aromatic heterocycles. The predicted octanol–water partition coefficient (Wildman–Crippen LogP) is 5.15. The average Bonchev–Trinajstić information content (AvgIpc) is 3.12. The first-order valence-corrected chi connectivity index (χ1v) is 8.51. The molecular formula is C16H18O2S2. The number of rotatable bonds is 8. The van der Waals surface area contributed by atoms with Gasteiger partial charge in [-0.1, -0.05) is 26.2 Å². The number of hydrogen-bond donors (Lipinski definition) is 0. The zero-order chi connectivity index (χ0) is 14.4. The Kier molecular flexibility index (Phi) is 5.68. The lowest BCUT2D eigenvalue weighted by Crippen LogP contribution is -1.96. The molecule has 0 N–H and O–H groups in total. The lowest BCUT2D eigenvalue weighted by atomic mass is 9.98. The van der Waals surface area contributed by atoms with E-state index in [1.165, 1.54) is 29.0 Å². The van der Waals surface area contributed by atoms with Gasteiger partial charge in [0.25, 0.3) is 0 Å². The highest BCUT2D eigenvalue weighted by molar-refractivity contribution is 7.15. The average molecular weight is 306 g/mol. The van der Waals surface area contributed by atoms with E-state index in [0.717, 1.165) is 28.7 Å². The Balaban J connectivity index is 2.23. The molecule has 4 heteroatoms. The molecule has 2 nitrogen and oxygen atoms in total. The van der Waals surface area contributed by atoms with Gasteiger partial charge in [0.2, 0.25) is 0 Å². The molecule has 0 saturated carbocycles. The fraction of sp³-hybridized carbons (Fsp3) is 0.375. The van der Waals surface area contributed by atoms with E-state index in [-0.39, 0.29) is 0 Å². The third kappa shape index (κ3) is 3.64. The normalized spacial score (nSPS) is 10.9. The topological polar surface area (TPSA) is 34.1 Å². The molecule has 0 unspecified atom stereocenters. The summed E-state index contributed by atoms with van der Waals surface area (Å²) >= 11 is 3.12. The maximum atomic E-state index is 10.9. The van der Waals surface area contributed by atoms with Crippen LogP contribution in [0.3, 0.4) is 0 Å². The van der Waals surface area contributed by atoms with Gasteiger partial charge in [0, 0.05) is 15.7 Å². The second-order valence-electron chi connectivity index (χ2n) is 4.76. The molecule has 0 aliphatic heterocycles. The van der Waals surface area contributed by atoms with Crippen molar-refractivity contribution in [2.24, 2.45) is 0 Å². The van der Waals surface area contributed by atoms with Crippen molar-refractivity contribution in [1.29, 1.82) is 0 Å². The molecule has 0 aliphatic rings. The summed E-state index contributed by atoms with van der Waals surface area (Å²) in [4.78, 5) is 25.7. The highest BCUT2D eigenvalue weighted by Crippen LogP contribution is 2.37. The Bertz CT molecular complexity index is 522. The van der Waals surface area contributed by atoms with E-state index in [4.69, 9.17) is 0 Å². The fourth-order valence-electron chi connectivity index (χ4n) is 2.26. The Labute approximate surface area is 127 Å². The van der Waals surface area contributed by atoms with Crippen molar-refractivity contribution in [3.05, 3.63) is 43.8 Å². The monoisotopic (exact) mass is 306 g/mol. The van der Waals surface area contributed by atoms with E-state index in [9.17, 15) is 9.59 Å². The van der Waals surface area contributed by atoms with Gasteiger partial charge in [-0.2, -0.15) is 0 Å². The van der Waals surface area contributed by atoms with Gasteiger partial charge in [0.15, 0.2) is 12.6 Å². The first kappa shape index (κ1) is 15.1. The van der Waals surface area contributed by atoms with Crippen molar-refractivity contribution in [2.45, 2.75) is 38.5 Å². The van der Waals surface area contributed by atoms with Crippen LogP contribution < -0.4 is 0 Å². The molecule has 0 aliphatic carbocycles. The van der Waals surface area contributed by atoms with Crippen molar-refractivity contribution >= 4 is 35.2 Å². The van der Waals surface area contributed by atoms with Gasteiger partial charge in [-0.25, -0.2) is 0 Å². The number of thiophene rings is 2. The van der Waals surface area contributed by atoms with E-state index in [2.05, 4.69) is 6.92 Å². The van der Waals surface area contributed by atoms with Gasteiger partial charge >= 0.3 is 0 Å². The maximum Gasteiger partial charge on any atom is 0.160 e. The number of carbonyl (C=O) groups excluding carboxylic acids is 2. The van der Waals surface area contributed by atoms with E-state index in [1.54, 1.807) is 22.7 Å². The molecule has 0 saturated heterocycles. The molecule has 106 valence electrons. The standard InChI is InChI=1S/C16H18O2S2/c1-2-3-4-5-14(15-8-6-12(10-17)19-15)16-9-7-13(11-18)20-16/h6-11,14H,2-5H2,1H3. The first-order valence-electron chi connectivity index (χ1n) is 6.88.